The molecule has 1 aliphatic rings. The topological polar surface area (TPSA) is 69.6 Å². The number of nitrogens with zero attached hydrogens (tertiary/aromatic N) is 1. The molecule has 1 aromatic rings. The number of carboxylic acids is 1. The van der Waals surface area contributed by atoms with Gasteiger partial charge in [-0.05, 0) is 24.0 Å². The Labute approximate surface area is 118 Å². The van der Waals surface area contributed by atoms with Crippen LogP contribution in [0.4, 0.5) is 4.79 Å². The molecule has 2 rings (SSSR count). The largest absolute Gasteiger partial charge is 0.481 e. The van der Waals surface area contributed by atoms with E-state index in [1.54, 1.807) is 4.90 Å². The van der Waals surface area contributed by atoms with E-state index in [1.165, 1.54) is 0 Å². The molecule has 2 atom stereocenters. The van der Waals surface area contributed by atoms with Crippen LogP contribution < -0.4 is 5.32 Å². The van der Waals surface area contributed by atoms with E-state index in [0.717, 1.165) is 11.1 Å². The molecule has 1 aromatic carbocycles. The summed E-state index contributed by atoms with van der Waals surface area (Å²) in [7, 11) is 0. The number of benzene rings is 1. The van der Waals surface area contributed by atoms with E-state index in [1.807, 2.05) is 38.1 Å². The van der Waals surface area contributed by atoms with Gasteiger partial charge in [-0.2, -0.15) is 0 Å². The summed E-state index contributed by atoms with van der Waals surface area (Å²) in [5, 5.41) is 11.9. The summed E-state index contributed by atoms with van der Waals surface area (Å²) in [6.07, 6.45) is 0. The molecule has 0 spiro atoms. The Kier molecular flexibility index (Phi) is 4.27. The first-order valence-electron chi connectivity index (χ1n) is 6.79. The predicted molar refractivity (Wildman–Crippen MR) is 75.3 cm³/mol. The lowest BCUT2D eigenvalue weighted by molar-refractivity contribution is -0.142. The van der Waals surface area contributed by atoms with Gasteiger partial charge in [-0.15, -0.1) is 0 Å². The summed E-state index contributed by atoms with van der Waals surface area (Å²) < 4.78 is 0. The van der Waals surface area contributed by atoms with Crippen molar-refractivity contribution in [1.29, 1.82) is 0 Å². The normalized spacial score (nSPS) is 21.8. The maximum absolute atomic E-state index is 12.1. The average molecular weight is 276 g/mol. The summed E-state index contributed by atoms with van der Waals surface area (Å²) in [4.78, 5) is 24.7. The van der Waals surface area contributed by atoms with Crippen LogP contribution in [0.2, 0.25) is 0 Å². The van der Waals surface area contributed by atoms with Crippen molar-refractivity contribution in [1.82, 2.24) is 10.2 Å². The highest BCUT2D eigenvalue weighted by molar-refractivity contribution is 5.77. The van der Waals surface area contributed by atoms with Gasteiger partial charge in [-0.3, -0.25) is 4.79 Å². The molecule has 0 aliphatic carbocycles. The predicted octanol–water partition coefficient (Wildman–Crippen LogP) is 1.86. The maximum atomic E-state index is 12.1. The Hall–Kier alpha value is -2.04. The summed E-state index contributed by atoms with van der Waals surface area (Å²) >= 11 is 0. The Morgan fingerprint density at radius 2 is 2.05 bits per heavy atom. The third-order valence-corrected chi connectivity index (χ3v) is 3.91. The lowest BCUT2D eigenvalue weighted by Crippen LogP contribution is -2.38. The van der Waals surface area contributed by atoms with Crippen LogP contribution >= 0.6 is 0 Å². The fourth-order valence-electron chi connectivity index (χ4n) is 2.55. The van der Waals surface area contributed by atoms with Gasteiger partial charge in [-0.25, -0.2) is 4.79 Å². The fourth-order valence-corrected chi connectivity index (χ4v) is 2.55. The number of likely N-dealkylation sites (tertiary alicyclic amines) is 1. The lowest BCUT2D eigenvalue weighted by atomic mass is 9.99. The van der Waals surface area contributed by atoms with Gasteiger partial charge >= 0.3 is 12.0 Å². The van der Waals surface area contributed by atoms with E-state index in [-0.39, 0.29) is 18.5 Å². The molecule has 0 radical (unpaired) electrons. The van der Waals surface area contributed by atoms with E-state index < -0.39 is 11.9 Å². The first-order valence-corrected chi connectivity index (χ1v) is 6.79. The first kappa shape index (κ1) is 14.4. The van der Waals surface area contributed by atoms with Crippen LogP contribution in [0.15, 0.2) is 24.3 Å². The smallest absolute Gasteiger partial charge is 0.317 e. The second-order valence-electron chi connectivity index (χ2n) is 5.41. The zero-order valence-corrected chi connectivity index (χ0v) is 11.8. The van der Waals surface area contributed by atoms with Crippen molar-refractivity contribution >= 4 is 12.0 Å². The SMILES string of the molecule is Cc1ccccc1CNC(=O)N1CC(C)C(C(=O)O)C1. The van der Waals surface area contributed by atoms with Crippen molar-refractivity contribution in [2.75, 3.05) is 13.1 Å². The quantitative estimate of drug-likeness (QED) is 0.885. The van der Waals surface area contributed by atoms with Crippen molar-refractivity contribution in [3.63, 3.8) is 0 Å². The molecule has 2 amide bonds. The molecule has 1 saturated heterocycles. The number of aryl methyl sites for hydroxylation is 1. The molecule has 5 heteroatoms. The Balaban J connectivity index is 1.90. The summed E-state index contributed by atoms with van der Waals surface area (Å²) in [5.41, 5.74) is 2.20. The highest BCUT2D eigenvalue weighted by atomic mass is 16.4. The molecule has 20 heavy (non-hydrogen) atoms. The number of amides is 2. The second-order valence-corrected chi connectivity index (χ2v) is 5.41. The van der Waals surface area contributed by atoms with Gasteiger partial charge < -0.3 is 15.3 Å². The summed E-state index contributed by atoms with van der Waals surface area (Å²) in [6, 6.07) is 7.68. The van der Waals surface area contributed by atoms with Crippen LogP contribution in [-0.2, 0) is 11.3 Å². The maximum Gasteiger partial charge on any atom is 0.317 e. The molecule has 1 heterocycles. The molecule has 1 fully saturated rings. The number of carbonyl (C=O) groups is 2. The number of hydrogen-bond donors (Lipinski definition) is 2. The van der Waals surface area contributed by atoms with E-state index >= 15 is 0 Å². The standard InChI is InChI=1S/C15H20N2O3/c1-10-5-3-4-6-12(10)7-16-15(20)17-8-11(2)13(9-17)14(18)19/h3-6,11,13H,7-9H2,1-2H3,(H,16,20)(H,18,19). The third kappa shape index (κ3) is 3.10. The lowest BCUT2D eigenvalue weighted by Gasteiger charge is -2.17. The molecule has 2 N–H and O–H groups in total. The van der Waals surface area contributed by atoms with E-state index in [9.17, 15) is 9.59 Å². The molecule has 2 unspecified atom stereocenters. The van der Waals surface area contributed by atoms with Crippen LogP contribution in [0.1, 0.15) is 18.1 Å². The van der Waals surface area contributed by atoms with Gasteiger partial charge in [-0.1, -0.05) is 31.2 Å². The Morgan fingerprint density at radius 3 is 2.65 bits per heavy atom. The Morgan fingerprint density at radius 1 is 1.35 bits per heavy atom. The Bertz CT molecular complexity index is 516. The van der Waals surface area contributed by atoms with Crippen LogP contribution in [0.3, 0.4) is 0 Å². The minimum Gasteiger partial charge on any atom is -0.481 e. The van der Waals surface area contributed by atoms with Crippen LogP contribution in [0.25, 0.3) is 0 Å². The van der Waals surface area contributed by atoms with E-state index in [2.05, 4.69) is 5.32 Å². The number of hydrogen-bond acceptors (Lipinski definition) is 2. The first-order chi connectivity index (χ1) is 9.49. The zero-order valence-electron chi connectivity index (χ0n) is 11.8. The van der Waals surface area contributed by atoms with Gasteiger partial charge in [0.05, 0.1) is 5.92 Å². The fraction of sp³-hybridized carbons (Fsp3) is 0.467. The third-order valence-electron chi connectivity index (χ3n) is 3.91. The monoisotopic (exact) mass is 276 g/mol. The molecule has 1 aliphatic heterocycles. The van der Waals surface area contributed by atoms with Crippen molar-refractivity contribution in [3.05, 3.63) is 35.4 Å². The molecular weight excluding hydrogens is 256 g/mol. The highest BCUT2D eigenvalue weighted by Gasteiger charge is 2.36. The summed E-state index contributed by atoms with van der Waals surface area (Å²) in [6.45, 7) is 5.12. The minimum absolute atomic E-state index is 0.00305. The van der Waals surface area contributed by atoms with Gasteiger partial charge in [0, 0.05) is 19.6 Å². The number of carboxylic acid groups (broad SMARTS) is 1. The van der Waals surface area contributed by atoms with Gasteiger partial charge in [0.1, 0.15) is 0 Å². The van der Waals surface area contributed by atoms with Crippen molar-refractivity contribution in [2.24, 2.45) is 11.8 Å². The van der Waals surface area contributed by atoms with Crippen LogP contribution in [0.5, 0.6) is 0 Å². The van der Waals surface area contributed by atoms with Crippen molar-refractivity contribution in [3.8, 4) is 0 Å². The number of nitrogens with one attached hydrogen (secondary N) is 1. The molecule has 0 saturated carbocycles. The molecule has 108 valence electrons. The zero-order chi connectivity index (χ0) is 14.7. The number of urea groups is 1. The average Bonchev–Trinajstić information content (AvgIpc) is 2.80. The molecule has 5 nitrogen and oxygen atoms in total. The van der Waals surface area contributed by atoms with E-state index in [0.29, 0.717) is 13.1 Å². The van der Waals surface area contributed by atoms with Crippen molar-refractivity contribution < 1.29 is 14.7 Å². The molecule has 0 bridgehead atoms. The van der Waals surface area contributed by atoms with Crippen LogP contribution in [-0.4, -0.2) is 35.1 Å². The number of aliphatic carboxylic acids is 1. The van der Waals surface area contributed by atoms with E-state index in [4.69, 9.17) is 5.11 Å². The second kappa shape index (κ2) is 5.94. The van der Waals surface area contributed by atoms with Gasteiger partial charge in [0.25, 0.3) is 0 Å². The van der Waals surface area contributed by atoms with Gasteiger partial charge in [0.15, 0.2) is 0 Å². The van der Waals surface area contributed by atoms with Crippen LogP contribution in [0, 0.1) is 18.8 Å². The molecule has 0 aromatic heterocycles. The van der Waals surface area contributed by atoms with Crippen molar-refractivity contribution in [2.45, 2.75) is 20.4 Å². The van der Waals surface area contributed by atoms with Gasteiger partial charge in [0.2, 0.25) is 0 Å². The number of carbonyl (C=O) groups excluding carboxylic acids is 1. The minimum atomic E-state index is -0.827. The molecular formula is C15H20N2O3. The highest BCUT2D eigenvalue weighted by Crippen LogP contribution is 2.23. The number of rotatable bonds is 3. The summed E-state index contributed by atoms with van der Waals surface area (Å²) in [5.74, 6) is -1.29.